The third kappa shape index (κ3) is 2.93. The fraction of sp³-hybridized carbons (Fsp3) is 0. The van der Waals surface area contributed by atoms with Gasteiger partial charge < -0.3 is 9.80 Å². The van der Waals surface area contributed by atoms with Crippen LogP contribution >= 0.6 is 11.3 Å². The Morgan fingerprint density at radius 3 is 1.95 bits per heavy atom. The first kappa shape index (κ1) is 22.0. The van der Waals surface area contributed by atoms with Gasteiger partial charge in [0.05, 0.1) is 5.69 Å². The number of anilines is 6. The van der Waals surface area contributed by atoms with Gasteiger partial charge in [-0.25, -0.2) is 4.98 Å². The summed E-state index contributed by atoms with van der Waals surface area (Å²) < 4.78 is 1.26. The number of thiophene rings is 1. The Balaban J connectivity index is 1.39. The van der Waals surface area contributed by atoms with E-state index >= 15 is 0 Å². The Labute approximate surface area is 236 Å². The molecule has 2 aromatic heterocycles. The third-order valence-corrected chi connectivity index (χ3v) is 9.40. The highest BCUT2D eigenvalue weighted by Crippen LogP contribution is 2.47. The molecule has 40 heavy (non-hydrogen) atoms. The summed E-state index contributed by atoms with van der Waals surface area (Å²) in [5, 5.41) is 2.47. The molecule has 2 aliphatic heterocycles. The van der Waals surface area contributed by atoms with Gasteiger partial charge in [-0.3, -0.25) is 0 Å². The topological polar surface area (TPSA) is 19.4 Å². The molecule has 5 aromatic carbocycles. The predicted molar refractivity (Wildman–Crippen MR) is 171 cm³/mol. The number of hydrogen-bond acceptors (Lipinski definition) is 4. The molecular weight excluding hydrogens is 505 g/mol. The van der Waals surface area contributed by atoms with Gasteiger partial charge in [-0.1, -0.05) is 78.9 Å². The van der Waals surface area contributed by atoms with E-state index in [1.165, 1.54) is 66.0 Å². The first-order chi connectivity index (χ1) is 19.9. The van der Waals surface area contributed by atoms with Crippen LogP contribution in [-0.4, -0.2) is 11.7 Å². The average molecular weight is 527 g/mol. The van der Waals surface area contributed by atoms with Crippen LogP contribution in [0.3, 0.4) is 0 Å². The van der Waals surface area contributed by atoms with E-state index in [0.717, 1.165) is 4.83 Å². The second-order valence-corrected chi connectivity index (χ2v) is 11.4. The first-order valence-corrected chi connectivity index (χ1v) is 14.4. The number of para-hydroxylation sites is 3. The minimum Gasteiger partial charge on any atom is -0.311 e. The summed E-state index contributed by atoms with van der Waals surface area (Å²) in [4.78, 5) is 10.8. The molecule has 7 aromatic rings. The van der Waals surface area contributed by atoms with Gasteiger partial charge in [0.1, 0.15) is 4.83 Å². The summed E-state index contributed by atoms with van der Waals surface area (Å²) >= 11 is 1.76. The van der Waals surface area contributed by atoms with Crippen molar-refractivity contribution in [1.29, 1.82) is 0 Å². The molecule has 0 unspecified atom stereocenters. The zero-order chi connectivity index (χ0) is 26.2. The largest absolute Gasteiger partial charge is 0.311 e. The second-order valence-electron chi connectivity index (χ2n) is 10.4. The minimum absolute atomic E-state index is 0.145. The highest BCUT2D eigenvalue weighted by molar-refractivity contribution is 7.25. The summed E-state index contributed by atoms with van der Waals surface area (Å²) in [7, 11) is 0. The Kier molecular flexibility index (Phi) is 4.57. The molecule has 0 N–H and O–H groups in total. The summed E-state index contributed by atoms with van der Waals surface area (Å²) in [5.41, 5.74) is 11.3. The van der Waals surface area contributed by atoms with Crippen molar-refractivity contribution < 1.29 is 0 Å². The third-order valence-electron chi connectivity index (χ3n) is 8.32. The number of aromatic nitrogens is 1. The quantitative estimate of drug-likeness (QED) is 0.217. The summed E-state index contributed by atoms with van der Waals surface area (Å²) in [6.45, 7) is 0.145. The van der Waals surface area contributed by atoms with Crippen LogP contribution in [0.1, 0.15) is 0 Å². The van der Waals surface area contributed by atoms with Crippen LogP contribution in [0.4, 0.5) is 34.1 Å². The summed E-state index contributed by atoms with van der Waals surface area (Å²) in [6, 6.07) is 46.2. The van der Waals surface area contributed by atoms with Crippen LogP contribution in [0.25, 0.3) is 20.3 Å². The molecule has 0 radical (unpaired) electrons. The van der Waals surface area contributed by atoms with E-state index in [2.05, 4.69) is 137 Å². The fourth-order valence-corrected chi connectivity index (χ4v) is 7.83. The van der Waals surface area contributed by atoms with E-state index in [1.807, 2.05) is 6.20 Å². The van der Waals surface area contributed by atoms with E-state index in [4.69, 9.17) is 4.98 Å². The van der Waals surface area contributed by atoms with Crippen molar-refractivity contribution in [3.05, 3.63) is 134 Å². The van der Waals surface area contributed by atoms with Gasteiger partial charge in [0.25, 0.3) is 6.71 Å². The van der Waals surface area contributed by atoms with Crippen molar-refractivity contribution in [3.8, 4) is 0 Å². The molecule has 2 aliphatic rings. The first-order valence-electron chi connectivity index (χ1n) is 13.6. The maximum atomic E-state index is 4.81. The van der Waals surface area contributed by atoms with Crippen molar-refractivity contribution in [2.75, 3.05) is 9.80 Å². The molecule has 9 rings (SSSR count). The van der Waals surface area contributed by atoms with Crippen LogP contribution in [-0.2, 0) is 0 Å². The van der Waals surface area contributed by atoms with Crippen molar-refractivity contribution >= 4 is 88.9 Å². The van der Waals surface area contributed by atoms with Crippen molar-refractivity contribution in [3.63, 3.8) is 0 Å². The molecule has 0 atom stereocenters. The van der Waals surface area contributed by atoms with Crippen molar-refractivity contribution in [2.24, 2.45) is 0 Å². The molecular formula is C35H22BN3S. The minimum atomic E-state index is 0.145. The molecule has 0 aliphatic carbocycles. The van der Waals surface area contributed by atoms with E-state index in [-0.39, 0.29) is 6.71 Å². The SMILES string of the molecule is c1ccc(N2c3ccccc3B3c4ccccc4N(c4ccnc5sc6ccccc6c45)c4cccc2c43)cc1. The van der Waals surface area contributed by atoms with Crippen molar-refractivity contribution in [1.82, 2.24) is 4.98 Å². The van der Waals surface area contributed by atoms with Gasteiger partial charge in [-0.2, -0.15) is 0 Å². The lowest BCUT2D eigenvalue weighted by atomic mass is 9.33. The standard InChI is InChI=1S/C35H22BN3S/c1-2-11-23(12-3-1)38-27-16-7-5-14-25(27)36-26-15-6-8-17-28(26)39(31-19-10-18-30(38)34(31)36)29-21-22-37-35-33(29)24-13-4-9-20-32(24)40-35/h1-22H. The van der Waals surface area contributed by atoms with Gasteiger partial charge in [0, 0.05) is 50.1 Å². The van der Waals surface area contributed by atoms with Gasteiger partial charge >= 0.3 is 0 Å². The summed E-state index contributed by atoms with van der Waals surface area (Å²) in [6.07, 6.45) is 1.96. The highest BCUT2D eigenvalue weighted by atomic mass is 32.1. The molecule has 0 saturated heterocycles. The molecule has 186 valence electrons. The molecule has 0 saturated carbocycles. The van der Waals surface area contributed by atoms with E-state index in [9.17, 15) is 0 Å². The van der Waals surface area contributed by atoms with E-state index in [1.54, 1.807) is 11.3 Å². The number of pyridine rings is 1. The molecule has 0 bridgehead atoms. The fourth-order valence-electron chi connectivity index (χ4n) is 6.77. The molecule has 0 spiro atoms. The number of rotatable bonds is 2. The van der Waals surface area contributed by atoms with Gasteiger partial charge in [0.2, 0.25) is 0 Å². The second kappa shape index (κ2) is 8.32. The smallest absolute Gasteiger partial charge is 0.252 e. The Morgan fingerprint density at radius 1 is 0.525 bits per heavy atom. The Bertz CT molecular complexity index is 2100. The van der Waals surface area contributed by atoms with Crippen LogP contribution in [0, 0.1) is 0 Å². The monoisotopic (exact) mass is 527 g/mol. The number of nitrogens with zero attached hydrogens (tertiary/aromatic N) is 3. The molecule has 4 heterocycles. The zero-order valence-corrected chi connectivity index (χ0v) is 22.3. The highest BCUT2D eigenvalue weighted by Gasteiger charge is 2.43. The lowest BCUT2D eigenvalue weighted by Gasteiger charge is -2.44. The lowest BCUT2D eigenvalue weighted by molar-refractivity contribution is 1.25. The van der Waals surface area contributed by atoms with Gasteiger partial charge in [-0.15, -0.1) is 11.3 Å². The maximum absolute atomic E-state index is 4.81. The van der Waals surface area contributed by atoms with E-state index < -0.39 is 0 Å². The molecule has 3 nitrogen and oxygen atoms in total. The Hall–Kier alpha value is -4.87. The van der Waals surface area contributed by atoms with Crippen LogP contribution in [0.2, 0.25) is 0 Å². The number of fused-ring (bicyclic) bond motifs is 7. The van der Waals surface area contributed by atoms with Crippen LogP contribution < -0.4 is 26.2 Å². The lowest BCUT2D eigenvalue weighted by Crippen LogP contribution is -2.61. The number of hydrogen-bond donors (Lipinski definition) is 0. The normalized spacial score (nSPS) is 13.3. The number of benzene rings is 5. The summed E-state index contributed by atoms with van der Waals surface area (Å²) in [5.74, 6) is 0. The molecule has 0 fully saturated rings. The molecule has 0 amide bonds. The Morgan fingerprint density at radius 2 is 1.15 bits per heavy atom. The van der Waals surface area contributed by atoms with Crippen LogP contribution in [0.5, 0.6) is 0 Å². The molecule has 5 heteroatoms. The zero-order valence-electron chi connectivity index (χ0n) is 21.5. The van der Waals surface area contributed by atoms with Crippen LogP contribution in [0.15, 0.2) is 134 Å². The van der Waals surface area contributed by atoms with E-state index in [0.29, 0.717) is 0 Å². The maximum Gasteiger partial charge on any atom is 0.252 e. The predicted octanol–water partition coefficient (Wildman–Crippen LogP) is 7.53. The van der Waals surface area contributed by atoms with Crippen molar-refractivity contribution in [2.45, 2.75) is 0 Å². The average Bonchev–Trinajstić information content (AvgIpc) is 3.40. The van der Waals surface area contributed by atoms with Gasteiger partial charge in [0.15, 0.2) is 0 Å². The van der Waals surface area contributed by atoms with Gasteiger partial charge in [-0.05, 0) is 64.9 Å².